The van der Waals surface area contributed by atoms with E-state index in [2.05, 4.69) is 4.99 Å². The summed E-state index contributed by atoms with van der Waals surface area (Å²) in [5.41, 5.74) is 0.568. The van der Waals surface area contributed by atoms with Gasteiger partial charge in [-0.25, -0.2) is 0 Å². The van der Waals surface area contributed by atoms with Crippen molar-refractivity contribution in [1.82, 2.24) is 0 Å². The molecule has 0 saturated carbocycles. The molecule has 2 aromatic carbocycles. The van der Waals surface area contributed by atoms with Gasteiger partial charge in [0.15, 0.2) is 0 Å². The molecule has 0 heterocycles. The highest BCUT2D eigenvalue weighted by Gasteiger charge is 2.07. The Morgan fingerprint density at radius 2 is 1.50 bits per heavy atom. The van der Waals surface area contributed by atoms with Crippen LogP contribution in [0.2, 0.25) is 0 Å². The van der Waals surface area contributed by atoms with Gasteiger partial charge in [-0.05, 0) is 12.1 Å². The Kier molecular flexibility index (Phi) is 3.05. The van der Waals surface area contributed by atoms with E-state index in [1.165, 1.54) is 18.3 Å². The molecule has 5 nitrogen and oxygen atoms in total. The fourth-order valence-corrected chi connectivity index (χ4v) is 1.45. The lowest BCUT2D eigenvalue weighted by Crippen LogP contribution is -1.84. The quantitative estimate of drug-likeness (QED) is 0.610. The number of hydrogen-bond acceptors (Lipinski definition) is 5. The predicted molar refractivity (Wildman–Crippen MR) is 66.8 cm³/mol. The molecule has 0 aromatic heterocycles. The average Bonchev–Trinajstić information content (AvgIpc) is 2.27. The van der Waals surface area contributed by atoms with E-state index in [4.69, 9.17) is 5.11 Å². The third-order valence-electron chi connectivity index (χ3n) is 2.29. The highest BCUT2D eigenvalue weighted by atomic mass is 16.3. The van der Waals surface area contributed by atoms with E-state index in [1.54, 1.807) is 12.1 Å². The van der Waals surface area contributed by atoms with E-state index >= 15 is 0 Å². The molecule has 2 rings (SSSR count). The topological polar surface area (TPSA) is 93.3 Å². The second-order valence-electron chi connectivity index (χ2n) is 3.68. The molecular weight excluding hydrogens is 234 g/mol. The van der Waals surface area contributed by atoms with E-state index in [0.717, 1.165) is 12.1 Å². The normalized spacial score (nSPS) is 10.9. The molecule has 0 aliphatic heterocycles. The number of phenols is 4. The molecule has 0 aliphatic carbocycles. The minimum atomic E-state index is -0.281. The maximum absolute atomic E-state index is 9.54. The van der Waals surface area contributed by atoms with Gasteiger partial charge in [-0.2, -0.15) is 0 Å². The summed E-state index contributed by atoms with van der Waals surface area (Å²) in [5, 5.41) is 37.5. The molecule has 0 amide bonds. The molecule has 4 N–H and O–H groups in total. The lowest BCUT2D eigenvalue weighted by Gasteiger charge is -2.03. The minimum Gasteiger partial charge on any atom is -0.508 e. The Balaban J connectivity index is 2.35. The van der Waals surface area contributed by atoms with Gasteiger partial charge in [0.1, 0.15) is 23.0 Å². The number of benzene rings is 2. The molecule has 0 bridgehead atoms. The molecule has 0 spiro atoms. The van der Waals surface area contributed by atoms with Crippen LogP contribution in [0.5, 0.6) is 23.0 Å². The fraction of sp³-hybridized carbons (Fsp3) is 0. The van der Waals surface area contributed by atoms with Crippen LogP contribution in [0.4, 0.5) is 5.69 Å². The van der Waals surface area contributed by atoms with Crippen LogP contribution >= 0.6 is 0 Å². The molecule has 5 heteroatoms. The molecule has 92 valence electrons. The lowest BCUT2D eigenvalue weighted by molar-refractivity contribution is 0.427. The average molecular weight is 245 g/mol. The van der Waals surface area contributed by atoms with Gasteiger partial charge in [-0.3, -0.25) is 4.99 Å². The van der Waals surface area contributed by atoms with Crippen LogP contribution in [-0.4, -0.2) is 26.6 Å². The maximum Gasteiger partial charge on any atom is 0.131 e. The molecule has 0 atom stereocenters. The van der Waals surface area contributed by atoms with Crippen molar-refractivity contribution in [1.29, 1.82) is 0 Å². The van der Waals surface area contributed by atoms with Crippen molar-refractivity contribution in [3.8, 4) is 23.0 Å². The van der Waals surface area contributed by atoms with Gasteiger partial charge >= 0.3 is 0 Å². The summed E-state index contributed by atoms with van der Waals surface area (Å²) in [7, 11) is 0. The zero-order valence-corrected chi connectivity index (χ0v) is 9.28. The van der Waals surface area contributed by atoms with E-state index in [1.807, 2.05) is 0 Å². The van der Waals surface area contributed by atoms with Crippen molar-refractivity contribution in [2.24, 2.45) is 4.99 Å². The number of phenolic OH excluding ortho intramolecular Hbond substituents is 4. The zero-order valence-electron chi connectivity index (χ0n) is 9.28. The number of rotatable bonds is 2. The number of aliphatic imine (C=N–C) groups is 1. The van der Waals surface area contributed by atoms with Gasteiger partial charge < -0.3 is 20.4 Å². The molecule has 0 aliphatic rings. The van der Waals surface area contributed by atoms with Gasteiger partial charge in [0.25, 0.3) is 0 Å². The van der Waals surface area contributed by atoms with Crippen LogP contribution in [0.15, 0.2) is 41.4 Å². The molecule has 0 saturated heterocycles. The first-order chi connectivity index (χ1) is 8.56. The molecule has 2 aromatic rings. The van der Waals surface area contributed by atoms with Crippen molar-refractivity contribution >= 4 is 11.9 Å². The molecule has 0 radical (unpaired) electrons. The van der Waals surface area contributed by atoms with Crippen molar-refractivity contribution < 1.29 is 20.4 Å². The first kappa shape index (κ1) is 11.8. The van der Waals surface area contributed by atoms with Crippen molar-refractivity contribution in [3.63, 3.8) is 0 Å². The Morgan fingerprint density at radius 1 is 0.833 bits per heavy atom. The van der Waals surface area contributed by atoms with Gasteiger partial charge in [0, 0.05) is 24.4 Å². The van der Waals surface area contributed by atoms with Gasteiger partial charge in [-0.1, -0.05) is 6.07 Å². The van der Waals surface area contributed by atoms with Crippen LogP contribution in [0, 0.1) is 0 Å². The third-order valence-corrected chi connectivity index (χ3v) is 2.29. The van der Waals surface area contributed by atoms with Crippen LogP contribution in [0.1, 0.15) is 5.56 Å². The summed E-state index contributed by atoms with van der Waals surface area (Å²) in [6.45, 7) is 0. The summed E-state index contributed by atoms with van der Waals surface area (Å²) in [5.74, 6) is -0.726. The Labute approximate surface area is 103 Å². The summed E-state index contributed by atoms with van der Waals surface area (Å²) >= 11 is 0. The fourth-order valence-electron chi connectivity index (χ4n) is 1.45. The third kappa shape index (κ3) is 2.52. The lowest BCUT2D eigenvalue weighted by atomic mass is 10.2. The summed E-state index contributed by atoms with van der Waals surface area (Å²) in [6.07, 6.45) is 1.25. The van der Waals surface area contributed by atoms with Crippen LogP contribution in [0.25, 0.3) is 0 Å². The number of aromatic hydroxyl groups is 4. The maximum atomic E-state index is 9.54. The second-order valence-corrected chi connectivity index (χ2v) is 3.68. The zero-order chi connectivity index (χ0) is 13.1. The smallest absolute Gasteiger partial charge is 0.131 e. The molecule has 0 unspecified atom stereocenters. The predicted octanol–water partition coefficient (Wildman–Crippen LogP) is 2.26. The Bertz CT molecular complexity index is 585. The highest BCUT2D eigenvalue weighted by Crippen LogP contribution is 2.31. The van der Waals surface area contributed by atoms with Crippen molar-refractivity contribution in [2.45, 2.75) is 0 Å². The Hall–Kier alpha value is -2.69. The standard InChI is InChI=1S/C13H11NO4/c15-9-3-1-2-8(4-9)14-7-11-12(17)5-10(16)6-13(11)18/h1-7,15-18H/b14-7+. The van der Waals surface area contributed by atoms with Crippen LogP contribution in [0.3, 0.4) is 0 Å². The summed E-state index contributed by atoms with van der Waals surface area (Å²) < 4.78 is 0. The SMILES string of the molecule is Oc1cccc(/N=C/c2c(O)cc(O)cc2O)c1. The monoisotopic (exact) mass is 245 g/mol. The first-order valence-electron chi connectivity index (χ1n) is 5.14. The summed E-state index contributed by atoms with van der Waals surface area (Å²) in [4.78, 5) is 4.00. The first-order valence-corrected chi connectivity index (χ1v) is 5.14. The van der Waals surface area contributed by atoms with E-state index < -0.39 is 0 Å². The number of hydrogen-bond donors (Lipinski definition) is 4. The van der Waals surface area contributed by atoms with Gasteiger partial charge in [0.2, 0.25) is 0 Å². The van der Waals surface area contributed by atoms with Crippen LogP contribution < -0.4 is 0 Å². The Morgan fingerprint density at radius 3 is 2.11 bits per heavy atom. The summed E-state index contributed by atoms with van der Waals surface area (Å²) in [6, 6.07) is 8.43. The van der Waals surface area contributed by atoms with Crippen LogP contribution in [-0.2, 0) is 0 Å². The van der Waals surface area contributed by atoms with E-state index in [9.17, 15) is 15.3 Å². The molecular formula is C13H11NO4. The van der Waals surface area contributed by atoms with Crippen molar-refractivity contribution in [2.75, 3.05) is 0 Å². The number of nitrogens with zero attached hydrogens (tertiary/aromatic N) is 1. The largest absolute Gasteiger partial charge is 0.508 e. The highest BCUT2D eigenvalue weighted by molar-refractivity contribution is 5.89. The van der Waals surface area contributed by atoms with Crippen molar-refractivity contribution in [3.05, 3.63) is 42.0 Å². The van der Waals surface area contributed by atoms with Gasteiger partial charge in [-0.15, -0.1) is 0 Å². The van der Waals surface area contributed by atoms with Gasteiger partial charge in [0.05, 0.1) is 11.3 Å². The minimum absolute atomic E-state index is 0.0730. The molecule has 0 fully saturated rings. The molecule has 18 heavy (non-hydrogen) atoms. The van der Waals surface area contributed by atoms with E-state index in [-0.39, 0.29) is 28.6 Å². The van der Waals surface area contributed by atoms with E-state index in [0.29, 0.717) is 5.69 Å². The second kappa shape index (κ2) is 4.67.